The molecule has 2 heterocycles. The molecule has 6 heteroatoms. The van der Waals surface area contributed by atoms with Gasteiger partial charge in [0.25, 0.3) is 0 Å². The van der Waals surface area contributed by atoms with Gasteiger partial charge in [-0.15, -0.1) is 0 Å². The first-order valence-electron chi connectivity index (χ1n) is 5.45. The van der Waals surface area contributed by atoms with Gasteiger partial charge in [0.15, 0.2) is 0 Å². The van der Waals surface area contributed by atoms with Gasteiger partial charge in [-0.1, -0.05) is 11.6 Å². The number of anilines is 1. The third-order valence-corrected chi connectivity index (χ3v) is 3.13. The van der Waals surface area contributed by atoms with Crippen LogP contribution in [-0.2, 0) is 9.47 Å². The Balaban J connectivity index is 2.18. The highest BCUT2D eigenvalue weighted by Crippen LogP contribution is 2.23. The Labute approximate surface area is 106 Å². The monoisotopic (exact) mass is 257 g/mol. The van der Waals surface area contributed by atoms with Gasteiger partial charge in [-0.05, 0) is 6.92 Å². The van der Waals surface area contributed by atoms with Crippen molar-refractivity contribution in [2.45, 2.75) is 19.1 Å². The Morgan fingerprint density at radius 3 is 2.29 bits per heavy atom. The van der Waals surface area contributed by atoms with Gasteiger partial charge < -0.3 is 14.4 Å². The summed E-state index contributed by atoms with van der Waals surface area (Å²) >= 11 is 5.93. The zero-order valence-electron chi connectivity index (χ0n) is 10.2. The summed E-state index contributed by atoms with van der Waals surface area (Å²) in [6.07, 6.45) is 0.128. The molecule has 1 aliphatic heterocycles. The molecule has 0 radical (unpaired) electrons. The Kier molecular flexibility index (Phi) is 3.81. The summed E-state index contributed by atoms with van der Waals surface area (Å²) in [6, 6.07) is 1.76. The maximum Gasteiger partial charge on any atom is 0.134 e. The maximum atomic E-state index is 5.93. The Morgan fingerprint density at radius 1 is 1.24 bits per heavy atom. The van der Waals surface area contributed by atoms with Gasteiger partial charge in [-0.3, -0.25) is 0 Å². The summed E-state index contributed by atoms with van der Waals surface area (Å²) in [5.41, 5.74) is 0. The second-order valence-electron chi connectivity index (χ2n) is 4.05. The molecule has 2 rings (SSSR count). The van der Waals surface area contributed by atoms with Crippen molar-refractivity contribution >= 4 is 17.4 Å². The highest BCUT2D eigenvalue weighted by Gasteiger charge is 2.33. The summed E-state index contributed by atoms with van der Waals surface area (Å²) in [6.45, 7) is 3.33. The predicted octanol–water partition coefficient (Wildman–Crippen LogP) is 1.29. The van der Waals surface area contributed by atoms with Crippen molar-refractivity contribution < 1.29 is 9.47 Å². The lowest BCUT2D eigenvalue weighted by atomic mass is 10.3. The predicted molar refractivity (Wildman–Crippen MR) is 65.6 cm³/mol. The first-order valence-corrected chi connectivity index (χ1v) is 5.83. The molecule has 0 spiro atoms. The number of aromatic nitrogens is 2. The van der Waals surface area contributed by atoms with Crippen LogP contribution in [0.3, 0.4) is 0 Å². The third-order valence-electron chi connectivity index (χ3n) is 2.94. The quantitative estimate of drug-likeness (QED) is 0.764. The van der Waals surface area contributed by atoms with Gasteiger partial charge >= 0.3 is 0 Å². The van der Waals surface area contributed by atoms with E-state index in [4.69, 9.17) is 21.1 Å². The van der Waals surface area contributed by atoms with Crippen LogP contribution in [0.1, 0.15) is 5.82 Å². The largest absolute Gasteiger partial charge is 0.377 e. The highest BCUT2D eigenvalue weighted by molar-refractivity contribution is 6.29. The number of hydrogen-bond acceptors (Lipinski definition) is 5. The fraction of sp³-hybridized carbons (Fsp3) is 0.636. The lowest BCUT2D eigenvalue weighted by Crippen LogP contribution is -2.27. The van der Waals surface area contributed by atoms with E-state index in [1.54, 1.807) is 20.3 Å². The molecule has 0 aromatic carbocycles. The molecule has 1 aromatic heterocycles. The van der Waals surface area contributed by atoms with Crippen LogP contribution in [0.5, 0.6) is 0 Å². The van der Waals surface area contributed by atoms with Crippen molar-refractivity contribution in [1.82, 2.24) is 9.97 Å². The zero-order valence-corrected chi connectivity index (χ0v) is 10.9. The van der Waals surface area contributed by atoms with E-state index >= 15 is 0 Å². The average Bonchev–Trinajstić information content (AvgIpc) is 2.70. The lowest BCUT2D eigenvalue weighted by Gasteiger charge is -2.17. The van der Waals surface area contributed by atoms with E-state index in [-0.39, 0.29) is 12.2 Å². The molecule has 0 bridgehead atoms. The number of halogens is 1. The van der Waals surface area contributed by atoms with E-state index in [9.17, 15) is 0 Å². The molecule has 0 amide bonds. The number of ether oxygens (including phenoxy) is 2. The molecule has 1 aliphatic rings. The van der Waals surface area contributed by atoms with E-state index < -0.39 is 0 Å². The fourth-order valence-electron chi connectivity index (χ4n) is 2.06. The van der Waals surface area contributed by atoms with Gasteiger partial charge in [0.05, 0.1) is 0 Å². The van der Waals surface area contributed by atoms with Crippen LogP contribution in [0.15, 0.2) is 6.07 Å². The number of rotatable bonds is 3. The Hall–Kier alpha value is -0.910. The minimum atomic E-state index is 0.0639. The first-order chi connectivity index (χ1) is 8.13. The fourth-order valence-corrected chi connectivity index (χ4v) is 2.28. The third kappa shape index (κ3) is 2.68. The van der Waals surface area contributed by atoms with E-state index in [2.05, 4.69) is 14.9 Å². The molecule has 1 aromatic rings. The van der Waals surface area contributed by atoms with Crippen LogP contribution in [0.4, 0.5) is 5.82 Å². The number of aryl methyl sites for hydroxylation is 1. The second kappa shape index (κ2) is 5.16. The number of nitrogens with zero attached hydrogens (tertiary/aromatic N) is 3. The summed E-state index contributed by atoms with van der Waals surface area (Å²) < 4.78 is 10.8. The molecule has 0 aliphatic carbocycles. The zero-order chi connectivity index (χ0) is 12.4. The van der Waals surface area contributed by atoms with Crippen molar-refractivity contribution in [1.29, 1.82) is 0 Å². The minimum Gasteiger partial charge on any atom is -0.377 e. The van der Waals surface area contributed by atoms with E-state index in [0.717, 1.165) is 18.9 Å². The van der Waals surface area contributed by atoms with Gasteiger partial charge in [-0.25, -0.2) is 9.97 Å². The van der Waals surface area contributed by atoms with Crippen molar-refractivity contribution in [3.63, 3.8) is 0 Å². The molecular formula is C11H16ClN3O2. The normalized spacial score (nSPS) is 24.4. The van der Waals surface area contributed by atoms with Gasteiger partial charge in [0, 0.05) is 33.4 Å². The molecule has 1 saturated heterocycles. The highest BCUT2D eigenvalue weighted by atomic mass is 35.5. The summed E-state index contributed by atoms with van der Waals surface area (Å²) in [5.74, 6) is 1.49. The molecule has 94 valence electrons. The molecule has 2 unspecified atom stereocenters. The molecule has 1 fully saturated rings. The van der Waals surface area contributed by atoms with E-state index in [1.165, 1.54) is 0 Å². The second-order valence-corrected chi connectivity index (χ2v) is 4.44. The van der Waals surface area contributed by atoms with Gasteiger partial charge in [0.2, 0.25) is 0 Å². The van der Waals surface area contributed by atoms with Crippen LogP contribution in [0.2, 0.25) is 5.15 Å². The molecule has 0 N–H and O–H groups in total. The van der Waals surface area contributed by atoms with Crippen molar-refractivity contribution in [3.05, 3.63) is 17.0 Å². The van der Waals surface area contributed by atoms with Crippen molar-refractivity contribution in [2.24, 2.45) is 0 Å². The van der Waals surface area contributed by atoms with Gasteiger partial charge in [-0.2, -0.15) is 0 Å². The SMILES string of the molecule is COC1CN(c2cc(Cl)nc(C)n2)CC1OC. The minimum absolute atomic E-state index is 0.0639. The van der Waals surface area contributed by atoms with Crippen LogP contribution in [-0.4, -0.2) is 49.5 Å². The van der Waals surface area contributed by atoms with Crippen LogP contribution in [0, 0.1) is 6.92 Å². The summed E-state index contributed by atoms with van der Waals surface area (Å²) in [7, 11) is 3.39. The Bertz CT molecular complexity index is 370. The lowest BCUT2D eigenvalue weighted by molar-refractivity contribution is -0.00461. The maximum absolute atomic E-state index is 5.93. The molecular weight excluding hydrogens is 242 g/mol. The molecule has 2 atom stereocenters. The van der Waals surface area contributed by atoms with Crippen molar-refractivity contribution in [3.8, 4) is 0 Å². The molecule has 5 nitrogen and oxygen atoms in total. The summed E-state index contributed by atoms with van der Waals surface area (Å²) in [4.78, 5) is 10.5. The van der Waals surface area contributed by atoms with E-state index in [0.29, 0.717) is 11.0 Å². The Morgan fingerprint density at radius 2 is 1.82 bits per heavy atom. The van der Waals surface area contributed by atoms with Crippen LogP contribution < -0.4 is 4.90 Å². The molecule has 0 saturated carbocycles. The standard InChI is InChI=1S/C11H16ClN3O2/c1-7-13-10(12)4-11(14-7)15-5-8(16-2)9(6-15)17-3/h4,8-9H,5-6H2,1-3H3. The number of methoxy groups -OCH3 is 2. The smallest absolute Gasteiger partial charge is 0.134 e. The number of hydrogen-bond donors (Lipinski definition) is 0. The van der Waals surface area contributed by atoms with Crippen LogP contribution >= 0.6 is 11.6 Å². The van der Waals surface area contributed by atoms with Crippen molar-refractivity contribution in [2.75, 3.05) is 32.2 Å². The average molecular weight is 258 g/mol. The topological polar surface area (TPSA) is 47.5 Å². The summed E-state index contributed by atoms with van der Waals surface area (Å²) in [5, 5.41) is 0.460. The van der Waals surface area contributed by atoms with Gasteiger partial charge in [0.1, 0.15) is 29.0 Å². The van der Waals surface area contributed by atoms with Crippen LogP contribution in [0.25, 0.3) is 0 Å². The molecule has 17 heavy (non-hydrogen) atoms. The first kappa shape index (κ1) is 12.5. The van der Waals surface area contributed by atoms with E-state index in [1.807, 2.05) is 6.92 Å².